The molecule has 36 heavy (non-hydrogen) atoms. The number of H-pyrrole nitrogens is 2. The predicted molar refractivity (Wildman–Crippen MR) is 129 cm³/mol. The molecule has 0 saturated carbocycles. The lowest BCUT2D eigenvalue weighted by Crippen LogP contribution is -2.19. The van der Waals surface area contributed by atoms with Gasteiger partial charge in [-0.05, 0) is 53.6 Å². The Morgan fingerprint density at radius 3 is 1.83 bits per heavy atom. The highest BCUT2D eigenvalue weighted by molar-refractivity contribution is 5.88. The van der Waals surface area contributed by atoms with Crippen LogP contribution in [0.3, 0.4) is 0 Å². The van der Waals surface area contributed by atoms with Gasteiger partial charge >= 0.3 is 5.97 Å². The monoisotopic (exact) mass is 490 g/mol. The van der Waals surface area contributed by atoms with Crippen LogP contribution in [-0.2, 0) is 13.2 Å². The number of nitrogens with one attached hydrogen (secondary N) is 2. The molecule has 0 atom stereocenters. The van der Waals surface area contributed by atoms with Crippen LogP contribution in [0.4, 0.5) is 0 Å². The molecule has 0 spiro atoms. The molecule has 10 nitrogen and oxygen atoms in total. The van der Waals surface area contributed by atoms with Gasteiger partial charge in [0, 0.05) is 18.0 Å². The highest BCUT2D eigenvalue weighted by atomic mass is 16.5. The smallest absolute Gasteiger partial charge is 0.335 e. The number of aliphatic hydroxyl groups is 2. The third-order valence-electron chi connectivity index (χ3n) is 5.42. The second kappa shape index (κ2) is 10.7. The van der Waals surface area contributed by atoms with Gasteiger partial charge in [-0.1, -0.05) is 18.2 Å². The normalized spacial score (nSPS) is 10.9. The number of benzene rings is 2. The fourth-order valence-corrected chi connectivity index (χ4v) is 3.61. The molecule has 0 bridgehead atoms. The number of ether oxygens (including phenoxy) is 2. The molecule has 4 rings (SSSR count). The zero-order valence-electron chi connectivity index (χ0n) is 18.8. The molecule has 5 N–H and O–H groups in total. The molecule has 2 aromatic heterocycles. The number of pyridine rings is 2. The van der Waals surface area contributed by atoms with Gasteiger partial charge in [0.25, 0.3) is 11.1 Å². The maximum atomic E-state index is 12.7. The summed E-state index contributed by atoms with van der Waals surface area (Å²) in [7, 11) is 0. The van der Waals surface area contributed by atoms with Crippen molar-refractivity contribution in [3.8, 4) is 22.6 Å². The van der Waals surface area contributed by atoms with Gasteiger partial charge in [0.15, 0.2) is 6.29 Å². The van der Waals surface area contributed by atoms with E-state index >= 15 is 0 Å². The first-order valence-corrected chi connectivity index (χ1v) is 10.8. The predicted octanol–water partition coefficient (Wildman–Crippen LogP) is 2.57. The maximum absolute atomic E-state index is 12.7. The Morgan fingerprint density at radius 2 is 1.31 bits per heavy atom. The Hall–Kier alpha value is -4.67. The van der Waals surface area contributed by atoms with Crippen molar-refractivity contribution in [2.45, 2.75) is 19.5 Å². The molecular formula is C26H22N2O8. The lowest BCUT2D eigenvalue weighted by molar-refractivity contribution is -0.0426. The average Bonchev–Trinajstić information content (AvgIpc) is 2.87. The van der Waals surface area contributed by atoms with Crippen LogP contribution in [-0.4, -0.2) is 31.3 Å². The second-order valence-electron chi connectivity index (χ2n) is 7.75. The minimum Gasteiger partial charge on any atom is -0.489 e. The first-order chi connectivity index (χ1) is 17.3. The lowest BCUT2D eigenvalue weighted by Gasteiger charge is -2.14. The molecule has 0 aliphatic heterocycles. The van der Waals surface area contributed by atoms with E-state index in [1.54, 1.807) is 30.3 Å². The minimum absolute atomic E-state index is 0.0431. The Bertz CT molecular complexity index is 1510. The number of aromatic carboxylic acids is 1. The molecule has 2 aromatic carbocycles. The SMILES string of the molecule is O=C(O)c1cccc(OCc2c(-c3cc[nH]c(=O)c3COc3cccc(C(O)O)c3)cc[nH]c2=O)c1. The highest BCUT2D eigenvalue weighted by Crippen LogP contribution is 2.26. The van der Waals surface area contributed by atoms with Crippen molar-refractivity contribution >= 4 is 5.97 Å². The first kappa shape index (κ1) is 24.5. The van der Waals surface area contributed by atoms with Crippen LogP contribution in [0.25, 0.3) is 11.1 Å². The van der Waals surface area contributed by atoms with Crippen LogP contribution in [0.5, 0.6) is 11.5 Å². The van der Waals surface area contributed by atoms with Crippen LogP contribution in [0.1, 0.15) is 33.3 Å². The van der Waals surface area contributed by atoms with Crippen LogP contribution >= 0.6 is 0 Å². The van der Waals surface area contributed by atoms with E-state index in [0.717, 1.165) is 0 Å². The van der Waals surface area contributed by atoms with E-state index in [1.165, 1.54) is 42.7 Å². The van der Waals surface area contributed by atoms with E-state index in [9.17, 15) is 29.7 Å². The molecule has 10 heteroatoms. The van der Waals surface area contributed by atoms with E-state index in [2.05, 4.69) is 9.97 Å². The van der Waals surface area contributed by atoms with E-state index in [4.69, 9.17) is 9.47 Å². The van der Waals surface area contributed by atoms with Crippen molar-refractivity contribution in [2.24, 2.45) is 0 Å². The largest absolute Gasteiger partial charge is 0.489 e. The van der Waals surface area contributed by atoms with Crippen molar-refractivity contribution in [1.82, 2.24) is 9.97 Å². The van der Waals surface area contributed by atoms with Gasteiger partial charge in [-0.2, -0.15) is 0 Å². The molecule has 0 fully saturated rings. The molecule has 4 aromatic rings. The molecule has 2 heterocycles. The van der Waals surface area contributed by atoms with Crippen molar-refractivity contribution in [3.63, 3.8) is 0 Å². The number of hydrogen-bond donors (Lipinski definition) is 5. The molecule has 184 valence electrons. The number of carboxylic acid groups (broad SMARTS) is 1. The molecule has 0 aliphatic rings. The van der Waals surface area contributed by atoms with E-state index in [1.807, 2.05) is 0 Å². The van der Waals surface area contributed by atoms with E-state index in [-0.39, 0.29) is 41.2 Å². The molecule has 0 amide bonds. The van der Waals surface area contributed by atoms with Crippen molar-refractivity contribution < 1.29 is 29.6 Å². The number of carbonyl (C=O) groups is 1. The quantitative estimate of drug-likeness (QED) is 0.224. The Balaban J connectivity index is 1.65. The molecule has 0 unspecified atom stereocenters. The number of aromatic nitrogens is 2. The Morgan fingerprint density at radius 1 is 0.778 bits per heavy atom. The molecular weight excluding hydrogens is 468 g/mol. The van der Waals surface area contributed by atoms with Crippen molar-refractivity contribution in [3.05, 3.63) is 116 Å². The van der Waals surface area contributed by atoms with Gasteiger partial charge < -0.3 is 34.8 Å². The summed E-state index contributed by atoms with van der Waals surface area (Å²) in [5.74, 6) is -0.516. The van der Waals surface area contributed by atoms with Gasteiger partial charge in [0.1, 0.15) is 24.7 Å². The molecule has 0 aliphatic carbocycles. The van der Waals surface area contributed by atoms with E-state index < -0.39 is 23.4 Å². The van der Waals surface area contributed by atoms with Crippen LogP contribution in [0.2, 0.25) is 0 Å². The summed E-state index contributed by atoms with van der Waals surface area (Å²) in [4.78, 5) is 41.8. The summed E-state index contributed by atoms with van der Waals surface area (Å²) >= 11 is 0. The summed E-state index contributed by atoms with van der Waals surface area (Å²) in [6, 6.07) is 15.3. The van der Waals surface area contributed by atoms with Crippen LogP contribution in [0, 0.1) is 0 Å². The first-order valence-electron chi connectivity index (χ1n) is 10.8. The average molecular weight is 490 g/mol. The number of rotatable bonds is 9. The third-order valence-corrected chi connectivity index (χ3v) is 5.42. The summed E-state index contributed by atoms with van der Waals surface area (Å²) in [5.41, 5.74) is 0.782. The molecule has 0 radical (unpaired) electrons. The third kappa shape index (κ3) is 5.52. The van der Waals surface area contributed by atoms with Gasteiger partial charge in [-0.3, -0.25) is 9.59 Å². The topological polar surface area (TPSA) is 162 Å². The summed E-state index contributed by atoms with van der Waals surface area (Å²) in [5, 5.41) is 27.9. The minimum atomic E-state index is -1.67. The van der Waals surface area contributed by atoms with E-state index in [0.29, 0.717) is 16.9 Å². The van der Waals surface area contributed by atoms with Gasteiger partial charge in [-0.15, -0.1) is 0 Å². The Labute approximate surface area is 204 Å². The van der Waals surface area contributed by atoms with Gasteiger partial charge in [0.05, 0.1) is 16.7 Å². The van der Waals surface area contributed by atoms with Crippen molar-refractivity contribution in [2.75, 3.05) is 0 Å². The number of aliphatic hydroxyl groups excluding tert-OH is 1. The fourth-order valence-electron chi connectivity index (χ4n) is 3.61. The van der Waals surface area contributed by atoms with Crippen LogP contribution < -0.4 is 20.6 Å². The van der Waals surface area contributed by atoms with Crippen LogP contribution in [0.15, 0.2) is 82.6 Å². The van der Waals surface area contributed by atoms with Gasteiger partial charge in [-0.25, -0.2) is 4.79 Å². The summed E-state index contributed by atoms with van der Waals surface area (Å²) in [6.07, 6.45) is 1.23. The summed E-state index contributed by atoms with van der Waals surface area (Å²) < 4.78 is 11.5. The Kier molecular flexibility index (Phi) is 7.28. The van der Waals surface area contributed by atoms with Crippen molar-refractivity contribution in [1.29, 1.82) is 0 Å². The number of carboxylic acids is 1. The molecule has 0 saturated heterocycles. The zero-order valence-corrected chi connectivity index (χ0v) is 18.8. The summed E-state index contributed by atoms with van der Waals surface area (Å²) in [6.45, 7) is -0.345. The standard InChI is InChI=1S/C26H22N2O8/c29-23-21(13-35-17-5-1-3-15(11-17)25(31)32)19(7-9-27-23)20-8-10-28-24(30)22(20)14-36-18-6-2-4-16(12-18)26(33)34/h1-12,25,31-32H,13-14H2,(H,27,29)(H,28,30)(H,33,34). The number of aromatic amines is 2. The maximum Gasteiger partial charge on any atom is 0.335 e. The fraction of sp³-hybridized carbons (Fsp3) is 0.115. The van der Waals surface area contributed by atoms with Gasteiger partial charge in [0.2, 0.25) is 0 Å². The zero-order chi connectivity index (χ0) is 25.7. The lowest BCUT2D eigenvalue weighted by atomic mass is 9.98. The highest BCUT2D eigenvalue weighted by Gasteiger charge is 2.17. The number of hydrogen-bond acceptors (Lipinski definition) is 7. The second-order valence-corrected chi connectivity index (χ2v) is 7.75.